The molecule has 0 N–H and O–H groups in total. The number of hydrogen-bond acceptors (Lipinski definition) is 2. The highest BCUT2D eigenvalue weighted by Gasteiger charge is 2.42. The van der Waals surface area contributed by atoms with Crippen molar-refractivity contribution >= 4 is 49.2 Å². The summed E-state index contributed by atoms with van der Waals surface area (Å²) in [5.74, 6) is 0.712. The second kappa shape index (κ2) is 10.4. The standard InChI is InChI=1S/C47H34N4/c1-47(2)37-20-10-6-18-34(37)43-38(47)26-25-33-31-16-8-13-23-41(31)51(45(33)43)46-48-39-21-11-7-19-35(39)44(49-46)29-24-27-42-36(28-29)32-17-9-12-22-40(32)50(42)30-14-4-3-5-15-30/h3-24,27-28H,25-26H2,1-2H3. The molecule has 0 atom stereocenters. The topological polar surface area (TPSA) is 35.6 Å². The van der Waals surface area contributed by atoms with Gasteiger partial charge >= 0.3 is 0 Å². The van der Waals surface area contributed by atoms with E-state index in [1.165, 1.54) is 60.7 Å². The largest absolute Gasteiger partial charge is 0.309 e. The predicted molar refractivity (Wildman–Crippen MR) is 210 cm³/mol. The lowest BCUT2D eigenvalue weighted by Crippen LogP contribution is -2.19. The van der Waals surface area contributed by atoms with E-state index in [-0.39, 0.29) is 5.41 Å². The summed E-state index contributed by atoms with van der Waals surface area (Å²) < 4.78 is 4.73. The van der Waals surface area contributed by atoms with E-state index < -0.39 is 0 Å². The molecule has 0 aliphatic heterocycles. The van der Waals surface area contributed by atoms with Gasteiger partial charge in [-0.05, 0) is 77.6 Å². The molecule has 9 aromatic rings. The summed E-state index contributed by atoms with van der Waals surface area (Å²) in [7, 11) is 0. The van der Waals surface area contributed by atoms with Crippen LogP contribution in [0.25, 0.3) is 72.1 Å². The number of hydrogen-bond donors (Lipinski definition) is 0. The molecule has 0 amide bonds. The minimum atomic E-state index is -0.0331. The molecular formula is C47H34N4. The van der Waals surface area contributed by atoms with Crippen LogP contribution < -0.4 is 0 Å². The van der Waals surface area contributed by atoms with Gasteiger partial charge in [-0.3, -0.25) is 4.57 Å². The van der Waals surface area contributed by atoms with Gasteiger partial charge in [0.1, 0.15) is 0 Å². The monoisotopic (exact) mass is 654 g/mol. The van der Waals surface area contributed by atoms with Crippen molar-refractivity contribution < 1.29 is 0 Å². The molecule has 11 rings (SSSR count). The third-order valence-electron chi connectivity index (χ3n) is 11.5. The fourth-order valence-corrected chi connectivity index (χ4v) is 9.23. The summed E-state index contributed by atoms with van der Waals surface area (Å²) in [6.07, 6.45) is 2.06. The number of rotatable bonds is 3. The molecular weight excluding hydrogens is 621 g/mol. The van der Waals surface area contributed by atoms with E-state index in [0.717, 1.165) is 46.2 Å². The van der Waals surface area contributed by atoms with E-state index in [1.54, 1.807) is 0 Å². The van der Waals surface area contributed by atoms with E-state index in [9.17, 15) is 0 Å². The van der Waals surface area contributed by atoms with E-state index in [0.29, 0.717) is 5.95 Å². The van der Waals surface area contributed by atoms with Gasteiger partial charge in [-0.25, -0.2) is 9.97 Å². The molecule has 4 heteroatoms. The maximum Gasteiger partial charge on any atom is 0.235 e. The van der Waals surface area contributed by atoms with Gasteiger partial charge in [0.25, 0.3) is 0 Å². The number of aryl methyl sites for hydroxylation is 1. The summed E-state index contributed by atoms with van der Waals surface area (Å²) >= 11 is 0. The zero-order valence-electron chi connectivity index (χ0n) is 28.6. The molecule has 0 spiro atoms. The van der Waals surface area contributed by atoms with Crippen molar-refractivity contribution in [2.75, 3.05) is 0 Å². The van der Waals surface area contributed by atoms with E-state index >= 15 is 0 Å². The molecule has 242 valence electrons. The number of benzene rings is 6. The Morgan fingerprint density at radius 1 is 0.549 bits per heavy atom. The Kier molecular flexibility index (Phi) is 5.81. The Hall–Kier alpha value is -6.26. The van der Waals surface area contributed by atoms with Crippen LogP contribution >= 0.6 is 0 Å². The first-order chi connectivity index (χ1) is 25.1. The van der Waals surface area contributed by atoms with Crippen molar-refractivity contribution in [1.29, 1.82) is 0 Å². The number of fused-ring (bicyclic) bond motifs is 10. The number of para-hydroxylation sites is 4. The van der Waals surface area contributed by atoms with Crippen LogP contribution in [0.5, 0.6) is 0 Å². The first kappa shape index (κ1) is 28.6. The Balaban J connectivity index is 1.20. The van der Waals surface area contributed by atoms with Crippen LogP contribution in [0.3, 0.4) is 0 Å². The van der Waals surface area contributed by atoms with Gasteiger partial charge in [-0.15, -0.1) is 0 Å². The van der Waals surface area contributed by atoms with Gasteiger partial charge in [0.05, 0.1) is 33.5 Å². The molecule has 0 bridgehead atoms. The molecule has 2 aliphatic carbocycles. The Morgan fingerprint density at radius 2 is 1.22 bits per heavy atom. The van der Waals surface area contributed by atoms with Gasteiger partial charge in [-0.2, -0.15) is 0 Å². The highest BCUT2D eigenvalue weighted by Crippen LogP contribution is 2.54. The molecule has 2 aliphatic rings. The fraction of sp³-hybridized carbons (Fsp3) is 0.106. The number of aromatic nitrogens is 4. The molecule has 0 fully saturated rings. The highest BCUT2D eigenvalue weighted by atomic mass is 15.2. The summed E-state index contributed by atoms with van der Waals surface area (Å²) in [5, 5.41) is 4.77. The Bertz CT molecular complexity index is 2940. The van der Waals surface area contributed by atoms with Crippen molar-refractivity contribution in [3.63, 3.8) is 0 Å². The SMILES string of the molecule is CC1(C)C2=C(c3ccccc31)c1c(c3ccccc3n1-c1nc(-c3ccc4c(c3)c3ccccc3n4-c3ccccc3)c3ccccc3n1)CC2. The smallest absolute Gasteiger partial charge is 0.235 e. The van der Waals surface area contributed by atoms with Crippen LogP contribution in [0.2, 0.25) is 0 Å². The first-order valence-electron chi connectivity index (χ1n) is 17.9. The molecule has 4 nitrogen and oxygen atoms in total. The zero-order chi connectivity index (χ0) is 33.8. The van der Waals surface area contributed by atoms with Gasteiger partial charge in [0.2, 0.25) is 5.95 Å². The Morgan fingerprint density at radius 3 is 2.06 bits per heavy atom. The fourth-order valence-electron chi connectivity index (χ4n) is 9.23. The third-order valence-corrected chi connectivity index (χ3v) is 11.5. The van der Waals surface area contributed by atoms with E-state index in [2.05, 4.69) is 169 Å². The van der Waals surface area contributed by atoms with Gasteiger partial charge in [-0.1, -0.05) is 117 Å². The molecule has 0 radical (unpaired) electrons. The second-order valence-electron chi connectivity index (χ2n) is 14.5. The van der Waals surface area contributed by atoms with Crippen molar-refractivity contribution in [1.82, 2.24) is 19.1 Å². The lowest BCUT2D eigenvalue weighted by Gasteiger charge is -2.27. The molecule has 0 unspecified atom stereocenters. The van der Waals surface area contributed by atoms with Crippen molar-refractivity contribution in [2.24, 2.45) is 0 Å². The summed E-state index contributed by atoms with van der Waals surface area (Å²) in [4.78, 5) is 10.9. The maximum atomic E-state index is 5.55. The summed E-state index contributed by atoms with van der Waals surface area (Å²) in [6, 6.07) is 52.4. The van der Waals surface area contributed by atoms with Crippen molar-refractivity contribution in [3.8, 4) is 22.9 Å². The number of allylic oxidation sites excluding steroid dienone is 1. The maximum absolute atomic E-state index is 5.55. The van der Waals surface area contributed by atoms with E-state index in [4.69, 9.17) is 9.97 Å². The number of nitrogens with zero attached hydrogens (tertiary/aromatic N) is 4. The van der Waals surface area contributed by atoms with Crippen LogP contribution in [0.15, 0.2) is 151 Å². The predicted octanol–water partition coefficient (Wildman–Crippen LogP) is 11.4. The molecule has 0 saturated carbocycles. The van der Waals surface area contributed by atoms with E-state index in [1.807, 2.05) is 0 Å². The average molecular weight is 655 g/mol. The highest BCUT2D eigenvalue weighted by molar-refractivity contribution is 6.11. The van der Waals surface area contributed by atoms with Crippen LogP contribution in [0.1, 0.15) is 42.7 Å². The third kappa shape index (κ3) is 3.90. The lowest BCUT2D eigenvalue weighted by molar-refractivity contribution is 0.603. The summed E-state index contributed by atoms with van der Waals surface area (Å²) in [5.41, 5.74) is 15.9. The molecule has 0 saturated heterocycles. The normalized spacial score (nSPS) is 14.8. The second-order valence-corrected chi connectivity index (χ2v) is 14.5. The first-order valence-corrected chi connectivity index (χ1v) is 17.9. The van der Waals surface area contributed by atoms with Crippen LogP contribution in [0.4, 0.5) is 0 Å². The molecule has 6 aromatic carbocycles. The molecule has 3 heterocycles. The van der Waals surface area contributed by atoms with Gasteiger partial charge in [0.15, 0.2) is 0 Å². The molecule has 51 heavy (non-hydrogen) atoms. The average Bonchev–Trinajstić information content (AvgIpc) is 3.78. The van der Waals surface area contributed by atoms with Crippen LogP contribution in [-0.4, -0.2) is 19.1 Å². The van der Waals surface area contributed by atoms with Crippen molar-refractivity contribution in [3.05, 3.63) is 174 Å². The molecule has 3 aromatic heterocycles. The summed E-state index contributed by atoms with van der Waals surface area (Å²) in [6.45, 7) is 4.78. The van der Waals surface area contributed by atoms with Gasteiger partial charge < -0.3 is 4.57 Å². The zero-order valence-corrected chi connectivity index (χ0v) is 28.6. The van der Waals surface area contributed by atoms with Crippen molar-refractivity contribution in [2.45, 2.75) is 32.1 Å². The Labute approximate surface area is 296 Å². The van der Waals surface area contributed by atoms with Gasteiger partial charge in [0, 0.05) is 43.8 Å². The lowest BCUT2D eigenvalue weighted by atomic mass is 9.77. The van der Waals surface area contributed by atoms with Crippen LogP contribution in [0, 0.1) is 0 Å². The van der Waals surface area contributed by atoms with Crippen LogP contribution in [-0.2, 0) is 11.8 Å². The quantitative estimate of drug-likeness (QED) is 0.190. The minimum Gasteiger partial charge on any atom is -0.309 e. The minimum absolute atomic E-state index is 0.0331.